The number of amides is 1. The normalized spacial score (nSPS) is 24.8. The summed E-state index contributed by atoms with van der Waals surface area (Å²) in [4.78, 5) is 14.3. The Kier molecular flexibility index (Phi) is 6.02. The van der Waals surface area contributed by atoms with Gasteiger partial charge < -0.3 is 19.7 Å². The lowest BCUT2D eigenvalue weighted by atomic mass is 10.1. The minimum atomic E-state index is -0.319. The van der Waals surface area contributed by atoms with Crippen LogP contribution in [0.3, 0.4) is 0 Å². The number of nitrogens with zero attached hydrogens (tertiary/aromatic N) is 1. The summed E-state index contributed by atoms with van der Waals surface area (Å²) in [6.07, 6.45) is 2.84. The fourth-order valence-electron chi connectivity index (χ4n) is 3.16. The van der Waals surface area contributed by atoms with Gasteiger partial charge in [-0.25, -0.2) is 0 Å². The Morgan fingerprint density at radius 3 is 3.00 bits per heavy atom. The molecule has 2 atom stereocenters. The van der Waals surface area contributed by atoms with E-state index in [2.05, 4.69) is 29.6 Å². The highest BCUT2D eigenvalue weighted by molar-refractivity contribution is 5.81. The fourth-order valence-corrected chi connectivity index (χ4v) is 3.16. The van der Waals surface area contributed by atoms with Crippen molar-refractivity contribution in [1.82, 2.24) is 10.2 Å². The van der Waals surface area contributed by atoms with Crippen molar-refractivity contribution in [3.63, 3.8) is 0 Å². The summed E-state index contributed by atoms with van der Waals surface area (Å²) in [5, 5.41) is 3.20. The zero-order valence-corrected chi connectivity index (χ0v) is 13.6. The third kappa shape index (κ3) is 4.77. The van der Waals surface area contributed by atoms with Gasteiger partial charge in [0.1, 0.15) is 6.10 Å². The summed E-state index contributed by atoms with van der Waals surface area (Å²) in [6.45, 7) is 4.30. The molecule has 0 bridgehead atoms. The van der Waals surface area contributed by atoms with E-state index in [1.54, 1.807) is 0 Å². The third-order valence-electron chi connectivity index (χ3n) is 4.47. The van der Waals surface area contributed by atoms with Gasteiger partial charge in [-0.15, -0.1) is 0 Å². The number of nitrogens with one attached hydrogen (secondary N) is 1. The molecule has 1 N–H and O–H groups in total. The number of likely N-dealkylation sites (tertiary alicyclic amines) is 1. The number of rotatable bonds is 6. The van der Waals surface area contributed by atoms with Gasteiger partial charge in [0.15, 0.2) is 0 Å². The predicted molar refractivity (Wildman–Crippen MR) is 88.3 cm³/mol. The Balaban J connectivity index is 1.34. The second kappa shape index (κ2) is 8.43. The number of morpholine rings is 1. The van der Waals surface area contributed by atoms with Crippen LogP contribution in [-0.2, 0) is 20.7 Å². The zero-order valence-electron chi connectivity index (χ0n) is 13.6. The molecule has 0 radical (unpaired) electrons. The van der Waals surface area contributed by atoms with Crippen LogP contribution in [0.25, 0.3) is 0 Å². The zero-order chi connectivity index (χ0) is 15.9. The van der Waals surface area contributed by atoms with Gasteiger partial charge in [0.25, 0.3) is 5.91 Å². The number of carbonyl (C=O) groups excluding carboxylic acids is 1. The molecule has 2 fully saturated rings. The highest BCUT2D eigenvalue weighted by Crippen LogP contribution is 2.16. The number of hydrogen-bond acceptors (Lipinski definition) is 4. The van der Waals surface area contributed by atoms with Gasteiger partial charge >= 0.3 is 0 Å². The quantitative estimate of drug-likeness (QED) is 0.802. The molecule has 0 aliphatic carbocycles. The summed E-state index contributed by atoms with van der Waals surface area (Å²) in [5.41, 5.74) is 1.35. The Bertz CT molecular complexity index is 488. The average molecular weight is 318 g/mol. The summed E-state index contributed by atoms with van der Waals surface area (Å²) in [5.74, 6) is 0.104. The van der Waals surface area contributed by atoms with E-state index >= 15 is 0 Å². The lowest BCUT2D eigenvalue weighted by molar-refractivity contribution is -0.144. The van der Waals surface area contributed by atoms with Crippen LogP contribution < -0.4 is 5.32 Å². The molecule has 1 amide bonds. The van der Waals surface area contributed by atoms with E-state index < -0.39 is 0 Å². The lowest BCUT2D eigenvalue weighted by Crippen LogP contribution is -2.49. The minimum absolute atomic E-state index is 0.104. The van der Waals surface area contributed by atoms with Crippen LogP contribution in [0.15, 0.2) is 30.3 Å². The first kappa shape index (κ1) is 16.4. The molecule has 0 spiro atoms. The van der Waals surface area contributed by atoms with Gasteiger partial charge in [-0.05, 0) is 24.8 Å². The van der Waals surface area contributed by atoms with Crippen molar-refractivity contribution in [2.45, 2.75) is 31.5 Å². The smallest absolute Gasteiger partial charge is 0.253 e. The van der Waals surface area contributed by atoms with Crippen LogP contribution in [0.1, 0.15) is 18.4 Å². The molecule has 0 aromatic heterocycles. The van der Waals surface area contributed by atoms with Crippen LogP contribution in [0.5, 0.6) is 0 Å². The van der Waals surface area contributed by atoms with Gasteiger partial charge in [-0.3, -0.25) is 4.79 Å². The van der Waals surface area contributed by atoms with E-state index in [0.29, 0.717) is 19.7 Å². The van der Waals surface area contributed by atoms with Crippen molar-refractivity contribution < 1.29 is 14.3 Å². The number of ether oxygens (including phenoxy) is 2. The van der Waals surface area contributed by atoms with Gasteiger partial charge in [0.2, 0.25) is 0 Å². The molecule has 2 heterocycles. The first-order valence-corrected chi connectivity index (χ1v) is 8.59. The number of aryl methyl sites for hydroxylation is 1. The second-order valence-electron chi connectivity index (χ2n) is 6.22. The molecular formula is C18H26N2O3. The number of benzene rings is 1. The maximum atomic E-state index is 12.4. The molecule has 2 aliphatic rings. The molecular weight excluding hydrogens is 292 g/mol. The van der Waals surface area contributed by atoms with Crippen LogP contribution in [-0.4, -0.2) is 62.4 Å². The van der Waals surface area contributed by atoms with Crippen LogP contribution in [0.4, 0.5) is 0 Å². The topological polar surface area (TPSA) is 50.8 Å². The largest absolute Gasteiger partial charge is 0.376 e. The van der Waals surface area contributed by atoms with Crippen molar-refractivity contribution in [2.75, 3.05) is 39.4 Å². The lowest BCUT2D eigenvalue weighted by Gasteiger charge is -2.27. The summed E-state index contributed by atoms with van der Waals surface area (Å²) >= 11 is 0. The summed E-state index contributed by atoms with van der Waals surface area (Å²) < 4.78 is 11.5. The molecule has 5 heteroatoms. The Morgan fingerprint density at radius 1 is 1.35 bits per heavy atom. The van der Waals surface area contributed by atoms with E-state index in [4.69, 9.17) is 9.47 Å². The molecule has 23 heavy (non-hydrogen) atoms. The van der Waals surface area contributed by atoms with E-state index in [1.807, 2.05) is 11.0 Å². The standard InChI is InChI=1S/C18H26N2O3/c21-18(17-13-19-9-12-23-17)20-10-8-16(14-20)22-11-4-7-15-5-2-1-3-6-15/h1-3,5-6,16-17,19H,4,7-14H2. The molecule has 2 unspecified atom stereocenters. The van der Waals surface area contributed by atoms with Crippen molar-refractivity contribution in [3.05, 3.63) is 35.9 Å². The average Bonchev–Trinajstić information content (AvgIpc) is 3.09. The molecule has 2 aliphatic heterocycles. The molecule has 126 valence electrons. The highest BCUT2D eigenvalue weighted by Gasteiger charge is 2.32. The fraction of sp³-hybridized carbons (Fsp3) is 0.611. The van der Waals surface area contributed by atoms with Crippen LogP contribution in [0, 0.1) is 0 Å². The Hall–Kier alpha value is -1.43. The molecule has 0 saturated carbocycles. The predicted octanol–water partition coefficient (Wildman–Crippen LogP) is 1.23. The Labute approximate surface area is 137 Å². The van der Waals surface area contributed by atoms with E-state index in [1.165, 1.54) is 5.56 Å². The minimum Gasteiger partial charge on any atom is -0.376 e. The van der Waals surface area contributed by atoms with Gasteiger partial charge in [-0.2, -0.15) is 0 Å². The van der Waals surface area contributed by atoms with Gasteiger partial charge in [0, 0.05) is 32.8 Å². The monoisotopic (exact) mass is 318 g/mol. The molecule has 3 rings (SSSR count). The maximum Gasteiger partial charge on any atom is 0.253 e. The number of carbonyl (C=O) groups is 1. The first-order chi connectivity index (χ1) is 11.3. The van der Waals surface area contributed by atoms with E-state index in [0.717, 1.165) is 39.0 Å². The van der Waals surface area contributed by atoms with Crippen LogP contribution >= 0.6 is 0 Å². The summed E-state index contributed by atoms with van der Waals surface area (Å²) in [6, 6.07) is 10.5. The first-order valence-electron chi connectivity index (χ1n) is 8.59. The van der Waals surface area contributed by atoms with E-state index in [-0.39, 0.29) is 18.1 Å². The molecule has 2 saturated heterocycles. The maximum absolute atomic E-state index is 12.4. The molecule has 1 aromatic rings. The van der Waals surface area contributed by atoms with Crippen molar-refractivity contribution in [1.29, 1.82) is 0 Å². The van der Waals surface area contributed by atoms with E-state index in [9.17, 15) is 4.79 Å². The molecule has 5 nitrogen and oxygen atoms in total. The van der Waals surface area contributed by atoms with Crippen molar-refractivity contribution >= 4 is 5.91 Å². The van der Waals surface area contributed by atoms with Gasteiger partial charge in [-0.1, -0.05) is 30.3 Å². The SMILES string of the molecule is O=C(C1CNCCO1)N1CCC(OCCCc2ccccc2)C1. The highest BCUT2D eigenvalue weighted by atomic mass is 16.5. The van der Waals surface area contributed by atoms with Crippen LogP contribution in [0.2, 0.25) is 0 Å². The Morgan fingerprint density at radius 2 is 2.22 bits per heavy atom. The third-order valence-corrected chi connectivity index (χ3v) is 4.47. The van der Waals surface area contributed by atoms with Crippen molar-refractivity contribution in [2.24, 2.45) is 0 Å². The molecule has 1 aromatic carbocycles. The summed E-state index contributed by atoms with van der Waals surface area (Å²) in [7, 11) is 0. The second-order valence-corrected chi connectivity index (χ2v) is 6.22. The number of hydrogen-bond donors (Lipinski definition) is 1. The van der Waals surface area contributed by atoms with Gasteiger partial charge in [0.05, 0.1) is 12.7 Å². The van der Waals surface area contributed by atoms with Crippen molar-refractivity contribution in [3.8, 4) is 0 Å².